The quantitative estimate of drug-likeness (QED) is 0.144. The van der Waals surface area contributed by atoms with E-state index in [9.17, 15) is 0 Å². The lowest BCUT2D eigenvalue weighted by Crippen LogP contribution is -2.11. The van der Waals surface area contributed by atoms with Crippen molar-refractivity contribution >= 4 is 60.8 Å². The zero-order valence-corrected chi connectivity index (χ0v) is 37.7. The van der Waals surface area contributed by atoms with Gasteiger partial charge in [-0.15, -0.1) is 0 Å². The number of hydrogen-bond acceptors (Lipinski definition) is 2. The van der Waals surface area contributed by atoms with E-state index in [1.54, 1.807) is 0 Å². The van der Waals surface area contributed by atoms with E-state index < -0.39 is 0 Å². The lowest BCUT2D eigenvalue weighted by Gasteiger charge is -2.28. The number of nitrogens with zero attached hydrogens (tertiary/aromatic N) is 2. The van der Waals surface area contributed by atoms with E-state index in [4.69, 9.17) is 4.42 Å². The van der Waals surface area contributed by atoms with Crippen molar-refractivity contribution in [3.8, 4) is 61.3 Å². The van der Waals surface area contributed by atoms with Gasteiger partial charge in [0.1, 0.15) is 11.2 Å². The highest BCUT2D eigenvalue weighted by Gasteiger charge is 2.21. The Balaban J connectivity index is 0.953. The highest BCUT2D eigenvalue weighted by molar-refractivity contribution is 6.11. The largest absolute Gasteiger partial charge is 0.455 e. The number of hydrogen-bond donors (Lipinski definition) is 0. The van der Waals surface area contributed by atoms with Crippen molar-refractivity contribution in [2.75, 3.05) is 4.90 Å². The van der Waals surface area contributed by atoms with Crippen molar-refractivity contribution < 1.29 is 4.42 Å². The Morgan fingerprint density at radius 2 is 0.739 bits per heavy atom. The van der Waals surface area contributed by atoms with Crippen molar-refractivity contribution in [3.05, 3.63) is 267 Å². The summed E-state index contributed by atoms with van der Waals surface area (Å²) in [7, 11) is 0. The number of furan rings is 1. The molecule has 2 aromatic heterocycles. The summed E-state index contributed by atoms with van der Waals surface area (Å²) in [6.07, 6.45) is 0. The van der Waals surface area contributed by atoms with Gasteiger partial charge in [0.25, 0.3) is 0 Å². The van der Waals surface area contributed by atoms with Crippen LogP contribution in [0.3, 0.4) is 0 Å². The lowest BCUT2D eigenvalue weighted by molar-refractivity contribution is 0.670. The molecule has 11 aromatic carbocycles. The van der Waals surface area contributed by atoms with E-state index in [1.165, 1.54) is 44.1 Å². The second-order valence-corrected chi connectivity index (χ2v) is 17.6. The van der Waals surface area contributed by atoms with Crippen LogP contribution in [0.5, 0.6) is 0 Å². The SMILES string of the molecule is c1ccc(-c2ccc(-c3ccccc3N(c3ccc(-c4ccc(-c5ccccc5)cc4-n4c5ccccc5c5ccccc54)cc3)c3ccc(-c4cccc5c4oc4ccccc45)cc3)cc2)cc1. The molecular formula is C66H44N2O. The molecule has 0 saturated carbocycles. The van der Waals surface area contributed by atoms with Gasteiger partial charge in [-0.05, 0) is 93.5 Å². The summed E-state index contributed by atoms with van der Waals surface area (Å²) in [4.78, 5) is 2.39. The second kappa shape index (κ2) is 16.9. The zero-order valence-electron chi connectivity index (χ0n) is 37.7. The number of anilines is 3. The minimum Gasteiger partial charge on any atom is -0.455 e. The van der Waals surface area contributed by atoms with E-state index in [-0.39, 0.29) is 0 Å². The molecule has 0 unspecified atom stereocenters. The minimum atomic E-state index is 0.897. The first-order valence-corrected chi connectivity index (χ1v) is 23.6. The predicted octanol–water partition coefficient (Wildman–Crippen LogP) is 18.5. The van der Waals surface area contributed by atoms with Crippen LogP contribution in [-0.4, -0.2) is 4.57 Å². The normalized spacial score (nSPS) is 11.5. The first kappa shape index (κ1) is 40.1. The van der Waals surface area contributed by atoms with E-state index in [0.29, 0.717) is 0 Å². The first-order valence-electron chi connectivity index (χ1n) is 23.6. The fourth-order valence-corrected chi connectivity index (χ4v) is 10.3. The summed E-state index contributed by atoms with van der Waals surface area (Å²) in [6.45, 7) is 0. The van der Waals surface area contributed by atoms with Gasteiger partial charge < -0.3 is 13.9 Å². The van der Waals surface area contributed by atoms with Crippen LogP contribution >= 0.6 is 0 Å². The summed E-state index contributed by atoms with van der Waals surface area (Å²) >= 11 is 0. The minimum absolute atomic E-state index is 0.897. The van der Waals surface area contributed by atoms with E-state index in [0.717, 1.165) is 78.1 Å². The van der Waals surface area contributed by atoms with Crippen molar-refractivity contribution in [2.24, 2.45) is 0 Å². The molecule has 0 amide bonds. The molecule has 0 bridgehead atoms. The van der Waals surface area contributed by atoms with Crippen LogP contribution in [0, 0.1) is 0 Å². The molecular weight excluding hydrogens is 837 g/mol. The molecule has 0 spiro atoms. The Morgan fingerprint density at radius 3 is 1.41 bits per heavy atom. The van der Waals surface area contributed by atoms with Gasteiger partial charge in [-0.3, -0.25) is 0 Å². The number of rotatable bonds is 9. The van der Waals surface area contributed by atoms with Gasteiger partial charge in [0.2, 0.25) is 0 Å². The Morgan fingerprint density at radius 1 is 0.290 bits per heavy atom. The number of fused-ring (bicyclic) bond motifs is 6. The lowest BCUT2D eigenvalue weighted by atomic mass is 9.96. The molecule has 3 heteroatoms. The van der Waals surface area contributed by atoms with Gasteiger partial charge in [0.05, 0.1) is 22.4 Å². The molecule has 0 aliphatic heterocycles. The van der Waals surface area contributed by atoms with E-state index in [2.05, 4.69) is 264 Å². The van der Waals surface area contributed by atoms with Crippen LogP contribution < -0.4 is 4.90 Å². The molecule has 0 aliphatic rings. The third-order valence-electron chi connectivity index (χ3n) is 13.7. The maximum Gasteiger partial charge on any atom is 0.143 e. The topological polar surface area (TPSA) is 21.3 Å². The van der Waals surface area contributed by atoms with Crippen LogP contribution in [0.2, 0.25) is 0 Å². The van der Waals surface area contributed by atoms with Crippen molar-refractivity contribution in [1.29, 1.82) is 0 Å². The van der Waals surface area contributed by atoms with Crippen LogP contribution in [0.1, 0.15) is 0 Å². The Hall–Kier alpha value is -9.18. The van der Waals surface area contributed by atoms with Gasteiger partial charge in [-0.1, -0.05) is 212 Å². The van der Waals surface area contributed by atoms with Gasteiger partial charge in [0, 0.05) is 49.6 Å². The Labute approximate surface area is 401 Å². The monoisotopic (exact) mass is 880 g/mol. The van der Waals surface area contributed by atoms with Gasteiger partial charge in [-0.25, -0.2) is 0 Å². The molecule has 0 atom stereocenters. The van der Waals surface area contributed by atoms with Crippen LogP contribution in [0.25, 0.3) is 105 Å². The molecule has 2 heterocycles. The van der Waals surface area contributed by atoms with Crippen molar-refractivity contribution in [1.82, 2.24) is 4.57 Å². The van der Waals surface area contributed by atoms with Crippen molar-refractivity contribution in [3.63, 3.8) is 0 Å². The number of aromatic nitrogens is 1. The molecule has 0 saturated heterocycles. The highest BCUT2D eigenvalue weighted by atomic mass is 16.3. The highest BCUT2D eigenvalue weighted by Crippen LogP contribution is 2.44. The van der Waals surface area contributed by atoms with Crippen LogP contribution in [0.15, 0.2) is 271 Å². The van der Waals surface area contributed by atoms with Gasteiger partial charge in [0.15, 0.2) is 0 Å². The van der Waals surface area contributed by atoms with E-state index in [1.807, 2.05) is 12.1 Å². The summed E-state index contributed by atoms with van der Waals surface area (Å²) in [5, 5.41) is 4.73. The Bertz CT molecular complexity index is 3930. The smallest absolute Gasteiger partial charge is 0.143 e. The molecule has 13 rings (SSSR count). The fraction of sp³-hybridized carbons (Fsp3) is 0. The fourth-order valence-electron chi connectivity index (χ4n) is 10.3. The van der Waals surface area contributed by atoms with Gasteiger partial charge in [-0.2, -0.15) is 0 Å². The van der Waals surface area contributed by atoms with Crippen LogP contribution in [0.4, 0.5) is 17.1 Å². The maximum absolute atomic E-state index is 6.49. The Kier molecular flexibility index (Phi) is 9.84. The average molecular weight is 881 g/mol. The molecule has 0 radical (unpaired) electrons. The molecule has 69 heavy (non-hydrogen) atoms. The zero-order chi connectivity index (χ0) is 45.7. The summed E-state index contributed by atoms with van der Waals surface area (Å²) in [5.41, 5.74) is 20.0. The predicted molar refractivity (Wildman–Crippen MR) is 290 cm³/mol. The second-order valence-electron chi connectivity index (χ2n) is 17.6. The van der Waals surface area contributed by atoms with Gasteiger partial charge >= 0.3 is 0 Å². The maximum atomic E-state index is 6.49. The summed E-state index contributed by atoms with van der Waals surface area (Å²) in [5.74, 6) is 0. The molecule has 13 aromatic rings. The third-order valence-corrected chi connectivity index (χ3v) is 13.7. The van der Waals surface area contributed by atoms with Crippen LogP contribution in [-0.2, 0) is 0 Å². The number of benzene rings is 11. The van der Waals surface area contributed by atoms with Crippen molar-refractivity contribution in [2.45, 2.75) is 0 Å². The molecule has 3 nitrogen and oxygen atoms in total. The third kappa shape index (κ3) is 7.08. The first-order chi connectivity index (χ1) is 34.2. The summed E-state index contributed by atoms with van der Waals surface area (Å²) in [6, 6.07) is 96.1. The molecule has 324 valence electrons. The molecule has 0 aliphatic carbocycles. The summed E-state index contributed by atoms with van der Waals surface area (Å²) < 4.78 is 8.94. The van der Waals surface area contributed by atoms with E-state index >= 15 is 0 Å². The average Bonchev–Trinajstić information content (AvgIpc) is 3.98. The number of para-hydroxylation sites is 5. The molecule has 0 fully saturated rings. The molecule has 0 N–H and O–H groups in total. The standard InChI is InChI=1S/C66H44N2O/c1-3-16-45(17-4-1)47-30-32-48(33-31-47)54-20-7-11-26-61(54)67(53-41-36-50(37-42-53)56-24-15-25-60-59-23-10-14-29-65(59)69-66(56)60)52-39-34-49(35-40-52)55-43-38-51(46-18-5-2-6-19-46)44-64(55)68-62-27-12-8-21-57(62)58-22-9-13-28-63(58)68/h1-44H.